The van der Waals surface area contributed by atoms with Gasteiger partial charge >= 0.3 is 5.97 Å². The van der Waals surface area contributed by atoms with Crippen molar-refractivity contribution in [2.24, 2.45) is 0 Å². The van der Waals surface area contributed by atoms with Gasteiger partial charge in [-0.1, -0.05) is 37.0 Å². The van der Waals surface area contributed by atoms with Crippen molar-refractivity contribution in [3.63, 3.8) is 0 Å². The maximum absolute atomic E-state index is 10.0. The van der Waals surface area contributed by atoms with Gasteiger partial charge in [-0.3, -0.25) is 4.79 Å². The Balaban J connectivity index is 3.37. The molecule has 0 aromatic rings. The first kappa shape index (κ1) is 9.69. The molecule has 0 heterocycles. The van der Waals surface area contributed by atoms with Crippen LogP contribution in [0.15, 0.2) is 37.0 Å². The predicted molar refractivity (Wildman–Crippen MR) is 45.3 cm³/mol. The van der Waals surface area contributed by atoms with E-state index < -0.39 is 5.97 Å². The summed E-state index contributed by atoms with van der Waals surface area (Å²) in [5.41, 5.74) is 0. The molecule has 60 valence electrons. The molecule has 0 atom stereocenters. The van der Waals surface area contributed by atoms with Crippen LogP contribution in [0.4, 0.5) is 0 Å². The number of carbonyl (C=O) groups is 1. The summed E-state index contributed by atoms with van der Waals surface area (Å²) >= 11 is 0. The Morgan fingerprint density at radius 2 is 2.09 bits per heavy atom. The molecule has 1 N–H and O–H groups in total. The number of hydrogen-bond acceptors (Lipinski definition) is 1. The summed E-state index contributed by atoms with van der Waals surface area (Å²) in [5, 5.41) is 8.25. The molecule has 11 heavy (non-hydrogen) atoms. The molecule has 0 aromatic carbocycles. The molecule has 2 nitrogen and oxygen atoms in total. The predicted octanol–water partition coefficient (Wildman–Crippen LogP) is 2.15. The van der Waals surface area contributed by atoms with Crippen molar-refractivity contribution in [1.29, 1.82) is 0 Å². The number of hydrogen-bond donors (Lipinski definition) is 1. The van der Waals surface area contributed by atoms with E-state index in [4.69, 9.17) is 5.11 Å². The zero-order chi connectivity index (χ0) is 8.53. The lowest BCUT2D eigenvalue weighted by atomic mass is 10.3. The van der Waals surface area contributed by atoms with Gasteiger partial charge in [0, 0.05) is 6.42 Å². The van der Waals surface area contributed by atoms with Crippen molar-refractivity contribution in [3.05, 3.63) is 37.0 Å². The molecule has 2 heteroatoms. The van der Waals surface area contributed by atoms with E-state index in [1.165, 1.54) is 0 Å². The fraction of sp³-hybridized carbons (Fsp3) is 0.222. The van der Waals surface area contributed by atoms with Crippen LogP contribution >= 0.6 is 0 Å². The van der Waals surface area contributed by atoms with E-state index in [1.54, 1.807) is 12.2 Å². The lowest BCUT2D eigenvalue weighted by Crippen LogP contribution is -1.91. The highest BCUT2D eigenvalue weighted by Gasteiger charge is 1.90. The van der Waals surface area contributed by atoms with E-state index in [1.807, 2.05) is 18.2 Å². The van der Waals surface area contributed by atoms with Crippen LogP contribution in [0.1, 0.15) is 12.8 Å². The first-order chi connectivity index (χ1) is 5.27. The van der Waals surface area contributed by atoms with E-state index in [-0.39, 0.29) is 6.42 Å². The van der Waals surface area contributed by atoms with Gasteiger partial charge in [0.1, 0.15) is 0 Å². The highest BCUT2D eigenvalue weighted by atomic mass is 16.4. The Hall–Kier alpha value is -1.31. The van der Waals surface area contributed by atoms with Gasteiger partial charge < -0.3 is 5.11 Å². The lowest BCUT2D eigenvalue weighted by Gasteiger charge is -1.84. The molecule has 0 rings (SSSR count). The third kappa shape index (κ3) is 8.69. The molecule has 0 saturated carbocycles. The standard InChI is InChI=1S/C9H12O2/c1-2-3-4-5-6-7-8-9(10)11/h2-6H,1,7-8H2,(H,10,11). The number of allylic oxidation sites excluding steroid dienone is 5. The summed E-state index contributed by atoms with van der Waals surface area (Å²) in [5.74, 6) is -0.762. The topological polar surface area (TPSA) is 37.3 Å². The monoisotopic (exact) mass is 152 g/mol. The Morgan fingerprint density at radius 1 is 1.36 bits per heavy atom. The first-order valence-electron chi connectivity index (χ1n) is 3.43. The second kappa shape index (κ2) is 6.81. The fourth-order valence-corrected chi connectivity index (χ4v) is 0.524. The smallest absolute Gasteiger partial charge is 0.303 e. The van der Waals surface area contributed by atoms with Crippen LogP contribution in [-0.4, -0.2) is 11.1 Å². The molecular weight excluding hydrogens is 140 g/mol. The van der Waals surface area contributed by atoms with Gasteiger partial charge in [-0.25, -0.2) is 0 Å². The lowest BCUT2D eigenvalue weighted by molar-refractivity contribution is -0.136. The molecule has 0 spiro atoms. The van der Waals surface area contributed by atoms with Gasteiger partial charge in [-0.2, -0.15) is 0 Å². The zero-order valence-corrected chi connectivity index (χ0v) is 6.36. The normalized spacial score (nSPS) is 10.9. The largest absolute Gasteiger partial charge is 0.481 e. The Kier molecular flexibility index (Phi) is 5.99. The van der Waals surface area contributed by atoms with Crippen molar-refractivity contribution in [2.45, 2.75) is 12.8 Å². The van der Waals surface area contributed by atoms with Gasteiger partial charge in [-0.15, -0.1) is 0 Å². The molecule has 0 unspecified atom stereocenters. The summed E-state index contributed by atoms with van der Waals surface area (Å²) < 4.78 is 0. The van der Waals surface area contributed by atoms with Crippen LogP contribution in [0.2, 0.25) is 0 Å². The van der Waals surface area contributed by atoms with Crippen LogP contribution < -0.4 is 0 Å². The molecule has 0 aliphatic carbocycles. The summed E-state index contributed by atoms with van der Waals surface area (Å²) in [4.78, 5) is 10.0. The van der Waals surface area contributed by atoms with E-state index in [0.29, 0.717) is 6.42 Å². The molecule has 0 aromatic heterocycles. The van der Waals surface area contributed by atoms with Gasteiger partial charge in [0.25, 0.3) is 0 Å². The zero-order valence-electron chi connectivity index (χ0n) is 6.36. The van der Waals surface area contributed by atoms with E-state index in [2.05, 4.69) is 6.58 Å². The van der Waals surface area contributed by atoms with Gasteiger partial charge in [0.2, 0.25) is 0 Å². The fourth-order valence-electron chi connectivity index (χ4n) is 0.524. The van der Waals surface area contributed by atoms with Crippen LogP contribution in [-0.2, 0) is 4.79 Å². The minimum Gasteiger partial charge on any atom is -0.481 e. The Labute approximate surface area is 66.5 Å². The molecule has 0 saturated heterocycles. The third-order valence-corrected chi connectivity index (χ3v) is 1.02. The molecule has 0 radical (unpaired) electrons. The second-order valence-corrected chi connectivity index (χ2v) is 1.98. The Morgan fingerprint density at radius 3 is 2.64 bits per heavy atom. The van der Waals surface area contributed by atoms with Crippen LogP contribution in [0.25, 0.3) is 0 Å². The highest BCUT2D eigenvalue weighted by molar-refractivity contribution is 5.66. The van der Waals surface area contributed by atoms with Crippen molar-refractivity contribution >= 4 is 5.97 Å². The van der Waals surface area contributed by atoms with E-state index in [9.17, 15) is 4.79 Å². The maximum atomic E-state index is 10.0. The summed E-state index contributed by atoms with van der Waals surface area (Å²) in [7, 11) is 0. The van der Waals surface area contributed by atoms with Crippen molar-refractivity contribution < 1.29 is 9.90 Å². The van der Waals surface area contributed by atoms with E-state index in [0.717, 1.165) is 0 Å². The first-order valence-corrected chi connectivity index (χ1v) is 3.43. The number of carboxylic acid groups (broad SMARTS) is 1. The molecular formula is C9H12O2. The second-order valence-electron chi connectivity index (χ2n) is 1.98. The third-order valence-electron chi connectivity index (χ3n) is 1.02. The van der Waals surface area contributed by atoms with Crippen LogP contribution in [0.5, 0.6) is 0 Å². The van der Waals surface area contributed by atoms with Crippen molar-refractivity contribution in [2.75, 3.05) is 0 Å². The number of rotatable bonds is 5. The SMILES string of the molecule is C=CC=CC=CCCC(=O)O. The van der Waals surface area contributed by atoms with Crippen molar-refractivity contribution in [1.82, 2.24) is 0 Å². The molecule has 0 aliphatic rings. The van der Waals surface area contributed by atoms with E-state index >= 15 is 0 Å². The number of aliphatic carboxylic acids is 1. The summed E-state index contributed by atoms with van der Waals surface area (Å²) in [6.07, 6.45) is 9.67. The average Bonchev–Trinajstić information content (AvgIpc) is 1.96. The maximum Gasteiger partial charge on any atom is 0.303 e. The molecule has 0 fully saturated rings. The Bertz CT molecular complexity index is 178. The molecule has 0 aliphatic heterocycles. The van der Waals surface area contributed by atoms with Gasteiger partial charge in [0.05, 0.1) is 0 Å². The summed E-state index contributed by atoms with van der Waals surface area (Å²) in [6.45, 7) is 3.49. The van der Waals surface area contributed by atoms with Crippen LogP contribution in [0.3, 0.4) is 0 Å². The number of carboxylic acids is 1. The quantitative estimate of drug-likeness (QED) is 0.613. The molecule has 0 bridgehead atoms. The average molecular weight is 152 g/mol. The van der Waals surface area contributed by atoms with Gasteiger partial charge in [0.15, 0.2) is 0 Å². The van der Waals surface area contributed by atoms with Gasteiger partial charge in [-0.05, 0) is 6.42 Å². The molecule has 0 amide bonds. The minimum absolute atomic E-state index is 0.193. The summed E-state index contributed by atoms with van der Waals surface area (Å²) in [6, 6.07) is 0. The highest BCUT2D eigenvalue weighted by Crippen LogP contribution is 1.90. The minimum atomic E-state index is -0.762. The van der Waals surface area contributed by atoms with Crippen molar-refractivity contribution in [3.8, 4) is 0 Å². The van der Waals surface area contributed by atoms with Crippen LogP contribution in [0, 0.1) is 0 Å².